The summed E-state index contributed by atoms with van der Waals surface area (Å²) < 4.78 is 13.3. The number of carbonyl (C=O) groups is 2. The lowest BCUT2D eigenvalue weighted by atomic mass is 9.96. The normalized spacial score (nSPS) is 17.7. The maximum Gasteiger partial charge on any atom is 0.227 e. The van der Waals surface area contributed by atoms with Gasteiger partial charge in [0.05, 0.1) is 12.5 Å². The Morgan fingerprint density at radius 1 is 1.30 bits per heavy atom. The summed E-state index contributed by atoms with van der Waals surface area (Å²) in [6, 6.07) is 6.46. The van der Waals surface area contributed by atoms with Gasteiger partial charge in [0.1, 0.15) is 5.82 Å². The van der Waals surface area contributed by atoms with Crippen LogP contribution in [0.15, 0.2) is 24.3 Å². The third-order valence-electron chi connectivity index (χ3n) is 5.09. The fourth-order valence-corrected chi connectivity index (χ4v) is 3.55. The Hall–Kier alpha value is -2.41. The van der Waals surface area contributed by atoms with Gasteiger partial charge in [0.15, 0.2) is 0 Å². The SMILES string of the molecule is CN(C)CCN1CC(C(=O)N(C)Cc2cc3cc(F)ccc3[nH]2)CCC1=O. The van der Waals surface area contributed by atoms with Crippen LogP contribution in [0, 0.1) is 11.7 Å². The van der Waals surface area contributed by atoms with Crippen molar-refractivity contribution in [1.82, 2.24) is 19.7 Å². The minimum absolute atomic E-state index is 0.0437. The highest BCUT2D eigenvalue weighted by Crippen LogP contribution is 2.22. The summed E-state index contributed by atoms with van der Waals surface area (Å²) in [6.45, 7) is 2.34. The van der Waals surface area contributed by atoms with Crippen molar-refractivity contribution in [2.45, 2.75) is 19.4 Å². The van der Waals surface area contributed by atoms with Gasteiger partial charge in [-0.3, -0.25) is 9.59 Å². The number of likely N-dealkylation sites (N-methyl/N-ethyl adjacent to an activating group) is 1. The van der Waals surface area contributed by atoms with E-state index < -0.39 is 0 Å². The molecule has 27 heavy (non-hydrogen) atoms. The predicted octanol–water partition coefficient (Wildman–Crippen LogP) is 2.07. The Balaban J connectivity index is 1.62. The second kappa shape index (κ2) is 8.08. The van der Waals surface area contributed by atoms with Crippen LogP contribution in [0.2, 0.25) is 0 Å². The fourth-order valence-electron chi connectivity index (χ4n) is 3.55. The van der Waals surface area contributed by atoms with E-state index in [-0.39, 0.29) is 23.5 Å². The molecule has 0 saturated carbocycles. The van der Waals surface area contributed by atoms with Crippen LogP contribution in [0.1, 0.15) is 18.5 Å². The average Bonchev–Trinajstić information content (AvgIpc) is 3.01. The van der Waals surface area contributed by atoms with Gasteiger partial charge in [-0.1, -0.05) is 0 Å². The summed E-state index contributed by atoms with van der Waals surface area (Å²) in [6.07, 6.45) is 1.02. The number of aromatic amines is 1. The molecule has 3 rings (SSSR count). The molecular formula is C20H27FN4O2. The van der Waals surface area contributed by atoms with Crippen LogP contribution >= 0.6 is 0 Å². The molecule has 0 aliphatic carbocycles. The second-order valence-corrected chi connectivity index (χ2v) is 7.60. The number of hydrogen-bond donors (Lipinski definition) is 1. The first-order valence-corrected chi connectivity index (χ1v) is 9.28. The zero-order valence-electron chi connectivity index (χ0n) is 16.2. The van der Waals surface area contributed by atoms with E-state index in [0.29, 0.717) is 32.5 Å². The largest absolute Gasteiger partial charge is 0.357 e. The number of carbonyl (C=O) groups excluding carboxylic acids is 2. The summed E-state index contributed by atoms with van der Waals surface area (Å²) in [4.78, 5) is 33.7. The molecule has 1 aromatic carbocycles. The second-order valence-electron chi connectivity index (χ2n) is 7.60. The minimum Gasteiger partial charge on any atom is -0.357 e. The van der Waals surface area contributed by atoms with E-state index in [0.717, 1.165) is 23.1 Å². The Kier molecular flexibility index (Phi) is 5.79. The van der Waals surface area contributed by atoms with Gasteiger partial charge in [-0.25, -0.2) is 4.39 Å². The maximum atomic E-state index is 13.3. The molecular weight excluding hydrogens is 347 g/mol. The lowest BCUT2D eigenvalue weighted by Crippen LogP contribution is -2.47. The molecule has 1 aliphatic rings. The number of likely N-dealkylation sites (tertiary alicyclic amines) is 1. The van der Waals surface area contributed by atoms with E-state index in [2.05, 4.69) is 4.98 Å². The molecule has 1 aromatic heterocycles. The summed E-state index contributed by atoms with van der Waals surface area (Å²) in [5, 5.41) is 0.795. The molecule has 7 heteroatoms. The fraction of sp³-hybridized carbons (Fsp3) is 0.500. The molecule has 1 fully saturated rings. The van der Waals surface area contributed by atoms with Gasteiger partial charge in [-0.05, 0) is 44.8 Å². The first-order valence-electron chi connectivity index (χ1n) is 9.28. The average molecular weight is 374 g/mol. The summed E-state index contributed by atoms with van der Waals surface area (Å²) in [7, 11) is 5.71. The van der Waals surface area contributed by atoms with Crippen molar-refractivity contribution in [2.75, 3.05) is 40.8 Å². The Morgan fingerprint density at radius 2 is 2.07 bits per heavy atom. The highest BCUT2D eigenvalue weighted by Gasteiger charge is 2.31. The van der Waals surface area contributed by atoms with Gasteiger partial charge in [0.2, 0.25) is 11.8 Å². The number of rotatable bonds is 6. The predicted molar refractivity (Wildman–Crippen MR) is 103 cm³/mol. The van der Waals surface area contributed by atoms with Crippen LogP contribution in [-0.4, -0.2) is 72.3 Å². The smallest absolute Gasteiger partial charge is 0.227 e. The van der Waals surface area contributed by atoms with Gasteiger partial charge >= 0.3 is 0 Å². The number of hydrogen-bond acceptors (Lipinski definition) is 3. The Labute approximate surface area is 158 Å². The van der Waals surface area contributed by atoms with E-state index in [4.69, 9.17) is 0 Å². The minimum atomic E-state index is -0.276. The molecule has 146 valence electrons. The molecule has 2 aromatic rings. The van der Waals surface area contributed by atoms with E-state index in [1.54, 1.807) is 22.9 Å². The molecule has 1 N–H and O–H groups in total. The van der Waals surface area contributed by atoms with E-state index in [1.165, 1.54) is 12.1 Å². The first kappa shape index (κ1) is 19.4. The molecule has 0 spiro atoms. The number of amides is 2. The number of H-pyrrole nitrogens is 1. The zero-order valence-corrected chi connectivity index (χ0v) is 16.2. The topological polar surface area (TPSA) is 59.6 Å². The molecule has 0 radical (unpaired) electrons. The van der Waals surface area contributed by atoms with Gasteiger partial charge in [0, 0.05) is 49.7 Å². The van der Waals surface area contributed by atoms with Gasteiger partial charge in [-0.2, -0.15) is 0 Å². The van der Waals surface area contributed by atoms with Crippen molar-refractivity contribution in [3.63, 3.8) is 0 Å². The number of halogens is 1. The van der Waals surface area contributed by atoms with Crippen LogP contribution in [-0.2, 0) is 16.1 Å². The standard InChI is InChI=1S/C20H27FN4O2/c1-23(2)8-9-25-12-14(4-7-19(25)26)20(27)24(3)13-17-11-15-10-16(21)5-6-18(15)22-17/h5-6,10-11,14,22H,4,7-9,12-13H2,1-3H3. The summed E-state index contributed by atoms with van der Waals surface area (Å²) >= 11 is 0. The highest BCUT2D eigenvalue weighted by atomic mass is 19.1. The number of piperidine rings is 1. The van der Waals surface area contributed by atoms with Gasteiger partial charge < -0.3 is 19.7 Å². The van der Waals surface area contributed by atoms with Gasteiger partial charge in [-0.15, -0.1) is 0 Å². The lowest BCUT2D eigenvalue weighted by Gasteiger charge is -2.34. The maximum absolute atomic E-state index is 13.3. The summed E-state index contributed by atoms with van der Waals surface area (Å²) in [5.74, 6) is -0.276. The van der Waals surface area contributed by atoms with Crippen molar-refractivity contribution < 1.29 is 14.0 Å². The molecule has 6 nitrogen and oxygen atoms in total. The Morgan fingerprint density at radius 3 is 2.81 bits per heavy atom. The van der Waals surface area contributed by atoms with Crippen molar-refractivity contribution in [3.05, 3.63) is 35.8 Å². The lowest BCUT2D eigenvalue weighted by molar-refractivity contribution is -0.142. The number of nitrogens with zero attached hydrogens (tertiary/aromatic N) is 3. The van der Waals surface area contributed by atoms with Crippen LogP contribution in [0.5, 0.6) is 0 Å². The van der Waals surface area contributed by atoms with E-state index >= 15 is 0 Å². The zero-order chi connectivity index (χ0) is 19.6. The van der Waals surface area contributed by atoms with Crippen LogP contribution < -0.4 is 0 Å². The van der Waals surface area contributed by atoms with Crippen molar-refractivity contribution in [3.8, 4) is 0 Å². The van der Waals surface area contributed by atoms with Crippen molar-refractivity contribution in [2.24, 2.45) is 5.92 Å². The van der Waals surface area contributed by atoms with Crippen LogP contribution in [0.3, 0.4) is 0 Å². The van der Waals surface area contributed by atoms with Gasteiger partial charge in [0.25, 0.3) is 0 Å². The molecule has 1 saturated heterocycles. The number of nitrogens with one attached hydrogen (secondary N) is 1. The third kappa shape index (κ3) is 4.66. The van der Waals surface area contributed by atoms with Crippen molar-refractivity contribution in [1.29, 1.82) is 0 Å². The highest BCUT2D eigenvalue weighted by molar-refractivity contribution is 5.84. The van der Waals surface area contributed by atoms with E-state index in [1.807, 2.05) is 25.1 Å². The third-order valence-corrected chi connectivity index (χ3v) is 5.09. The number of benzene rings is 1. The number of aromatic nitrogens is 1. The summed E-state index contributed by atoms with van der Waals surface area (Å²) in [5.41, 5.74) is 1.72. The number of fused-ring (bicyclic) bond motifs is 1. The Bertz CT molecular complexity index is 832. The molecule has 0 bridgehead atoms. The van der Waals surface area contributed by atoms with Crippen LogP contribution in [0.4, 0.5) is 4.39 Å². The van der Waals surface area contributed by atoms with E-state index in [9.17, 15) is 14.0 Å². The van der Waals surface area contributed by atoms with Crippen LogP contribution in [0.25, 0.3) is 10.9 Å². The molecule has 2 heterocycles. The first-order chi connectivity index (χ1) is 12.8. The molecule has 1 aliphatic heterocycles. The molecule has 2 amide bonds. The quantitative estimate of drug-likeness (QED) is 0.842. The van der Waals surface area contributed by atoms with Crippen molar-refractivity contribution >= 4 is 22.7 Å². The molecule has 1 unspecified atom stereocenters. The monoisotopic (exact) mass is 374 g/mol. The molecule has 1 atom stereocenters.